The van der Waals surface area contributed by atoms with Crippen LogP contribution in [0, 0.1) is 5.92 Å². The Kier molecular flexibility index (Phi) is 7.39. The highest BCUT2D eigenvalue weighted by molar-refractivity contribution is 5.78. The normalized spacial score (nSPS) is 23.9. The van der Waals surface area contributed by atoms with Gasteiger partial charge in [0.15, 0.2) is 0 Å². The maximum absolute atomic E-state index is 11.9. The maximum Gasteiger partial charge on any atom is 0.224 e. The summed E-state index contributed by atoms with van der Waals surface area (Å²) in [6, 6.07) is 1.17. The Balaban J connectivity index is 2.04. The Morgan fingerprint density at radius 1 is 1.37 bits per heavy atom. The molecular formula is C15H31N3O. The van der Waals surface area contributed by atoms with Crippen LogP contribution in [0.25, 0.3) is 0 Å². The molecule has 0 bridgehead atoms. The van der Waals surface area contributed by atoms with Crippen molar-refractivity contribution in [2.45, 2.75) is 58.5 Å². The molecule has 4 nitrogen and oxygen atoms in total. The number of hydrogen-bond donors (Lipinski definition) is 2. The van der Waals surface area contributed by atoms with Crippen LogP contribution in [0.1, 0.15) is 46.5 Å². The minimum Gasteiger partial charge on any atom is -0.356 e. The van der Waals surface area contributed by atoms with Gasteiger partial charge >= 0.3 is 0 Å². The summed E-state index contributed by atoms with van der Waals surface area (Å²) in [6.07, 6.45) is 4.35. The van der Waals surface area contributed by atoms with E-state index >= 15 is 0 Å². The molecule has 0 aromatic rings. The van der Waals surface area contributed by atoms with Gasteiger partial charge in [-0.2, -0.15) is 0 Å². The molecule has 19 heavy (non-hydrogen) atoms. The van der Waals surface area contributed by atoms with Gasteiger partial charge in [-0.3, -0.25) is 4.79 Å². The molecule has 0 saturated carbocycles. The van der Waals surface area contributed by atoms with Crippen LogP contribution in [0.2, 0.25) is 0 Å². The summed E-state index contributed by atoms with van der Waals surface area (Å²) >= 11 is 0. The fourth-order valence-corrected chi connectivity index (χ4v) is 2.32. The fourth-order valence-electron chi connectivity index (χ4n) is 2.32. The molecule has 0 aliphatic carbocycles. The molecule has 2 unspecified atom stereocenters. The van der Waals surface area contributed by atoms with E-state index in [1.807, 2.05) is 0 Å². The van der Waals surface area contributed by atoms with Crippen molar-refractivity contribution in [3.05, 3.63) is 0 Å². The van der Waals surface area contributed by atoms with Crippen LogP contribution in [0.3, 0.4) is 0 Å². The Labute approximate surface area is 118 Å². The van der Waals surface area contributed by atoms with Crippen molar-refractivity contribution in [3.8, 4) is 0 Å². The number of piperidine rings is 1. The lowest BCUT2D eigenvalue weighted by atomic mass is 9.95. The van der Waals surface area contributed by atoms with Crippen molar-refractivity contribution in [3.63, 3.8) is 0 Å². The van der Waals surface area contributed by atoms with Crippen molar-refractivity contribution < 1.29 is 4.79 Å². The third kappa shape index (κ3) is 6.39. The van der Waals surface area contributed by atoms with Crippen LogP contribution in [-0.4, -0.2) is 49.6 Å². The zero-order valence-corrected chi connectivity index (χ0v) is 13.0. The van der Waals surface area contributed by atoms with Crippen LogP contribution < -0.4 is 10.6 Å². The fraction of sp³-hybridized carbons (Fsp3) is 0.933. The molecule has 112 valence electrons. The lowest BCUT2D eigenvalue weighted by Gasteiger charge is -2.26. The summed E-state index contributed by atoms with van der Waals surface area (Å²) in [6.45, 7) is 9.35. The van der Waals surface area contributed by atoms with E-state index in [9.17, 15) is 4.79 Å². The van der Waals surface area contributed by atoms with Gasteiger partial charge in [-0.25, -0.2) is 0 Å². The molecule has 2 atom stereocenters. The number of hydrogen-bond acceptors (Lipinski definition) is 3. The maximum atomic E-state index is 11.9. The SMILES string of the molecule is CC1CCC(C(=O)NCCCCN(C)C(C)C)CN1. The number of amides is 1. The summed E-state index contributed by atoms with van der Waals surface area (Å²) in [5.41, 5.74) is 0. The average Bonchev–Trinajstić information content (AvgIpc) is 2.38. The van der Waals surface area contributed by atoms with Crippen molar-refractivity contribution in [1.82, 2.24) is 15.5 Å². The average molecular weight is 269 g/mol. The largest absolute Gasteiger partial charge is 0.356 e. The van der Waals surface area contributed by atoms with E-state index in [0.29, 0.717) is 12.1 Å². The van der Waals surface area contributed by atoms with Gasteiger partial charge in [-0.05, 0) is 60.0 Å². The second-order valence-electron chi connectivity index (χ2n) is 6.16. The first-order valence-electron chi connectivity index (χ1n) is 7.72. The van der Waals surface area contributed by atoms with Crippen molar-refractivity contribution >= 4 is 5.91 Å². The van der Waals surface area contributed by atoms with E-state index in [1.165, 1.54) is 0 Å². The van der Waals surface area contributed by atoms with Crippen LogP contribution in [0.5, 0.6) is 0 Å². The minimum absolute atomic E-state index is 0.175. The number of nitrogens with one attached hydrogen (secondary N) is 2. The van der Waals surface area contributed by atoms with Crippen molar-refractivity contribution in [2.24, 2.45) is 5.92 Å². The summed E-state index contributed by atoms with van der Waals surface area (Å²) in [5.74, 6) is 0.408. The zero-order valence-electron chi connectivity index (χ0n) is 13.0. The molecule has 1 rings (SSSR count). The lowest BCUT2D eigenvalue weighted by Crippen LogP contribution is -2.44. The Hall–Kier alpha value is -0.610. The van der Waals surface area contributed by atoms with Crippen LogP contribution in [0.4, 0.5) is 0 Å². The second-order valence-corrected chi connectivity index (χ2v) is 6.16. The standard InChI is InChI=1S/C15H31N3O/c1-12(2)18(4)10-6-5-9-16-15(19)14-8-7-13(3)17-11-14/h12-14,17H,5-11H2,1-4H3,(H,16,19). The van der Waals surface area contributed by atoms with Crippen LogP contribution in [-0.2, 0) is 4.79 Å². The van der Waals surface area contributed by atoms with Gasteiger partial charge in [0.05, 0.1) is 5.92 Å². The first-order valence-corrected chi connectivity index (χ1v) is 7.72. The molecule has 2 N–H and O–H groups in total. The molecule has 1 heterocycles. The van der Waals surface area contributed by atoms with E-state index in [0.717, 1.165) is 45.3 Å². The number of rotatable bonds is 7. The highest BCUT2D eigenvalue weighted by atomic mass is 16.1. The molecule has 1 aliphatic heterocycles. The first-order chi connectivity index (χ1) is 9.00. The van der Waals surface area contributed by atoms with E-state index in [2.05, 4.69) is 43.4 Å². The quantitative estimate of drug-likeness (QED) is 0.690. The van der Waals surface area contributed by atoms with E-state index in [1.54, 1.807) is 0 Å². The molecule has 1 fully saturated rings. The Morgan fingerprint density at radius 2 is 2.11 bits per heavy atom. The summed E-state index contributed by atoms with van der Waals surface area (Å²) in [5, 5.41) is 6.45. The van der Waals surface area contributed by atoms with Gasteiger partial charge < -0.3 is 15.5 Å². The molecule has 0 spiro atoms. The monoisotopic (exact) mass is 269 g/mol. The van der Waals surface area contributed by atoms with Crippen molar-refractivity contribution in [1.29, 1.82) is 0 Å². The number of nitrogens with zero attached hydrogens (tertiary/aromatic N) is 1. The third-order valence-corrected chi connectivity index (χ3v) is 4.15. The highest BCUT2D eigenvalue weighted by Crippen LogP contribution is 2.13. The third-order valence-electron chi connectivity index (χ3n) is 4.15. The molecule has 1 saturated heterocycles. The van der Waals surface area contributed by atoms with Gasteiger partial charge in [-0.1, -0.05) is 0 Å². The topological polar surface area (TPSA) is 44.4 Å². The minimum atomic E-state index is 0.175. The molecule has 0 aromatic heterocycles. The van der Waals surface area contributed by atoms with E-state index < -0.39 is 0 Å². The zero-order chi connectivity index (χ0) is 14.3. The molecule has 1 amide bonds. The van der Waals surface area contributed by atoms with Gasteiger partial charge in [0.1, 0.15) is 0 Å². The molecule has 1 aliphatic rings. The number of carbonyl (C=O) groups is 1. The lowest BCUT2D eigenvalue weighted by molar-refractivity contribution is -0.125. The first kappa shape index (κ1) is 16.4. The summed E-state index contributed by atoms with van der Waals surface area (Å²) in [4.78, 5) is 14.3. The van der Waals surface area contributed by atoms with Gasteiger partial charge in [0, 0.05) is 25.2 Å². The highest BCUT2D eigenvalue weighted by Gasteiger charge is 2.23. The van der Waals surface area contributed by atoms with E-state index in [-0.39, 0.29) is 11.8 Å². The van der Waals surface area contributed by atoms with E-state index in [4.69, 9.17) is 0 Å². The smallest absolute Gasteiger partial charge is 0.224 e. The van der Waals surface area contributed by atoms with Crippen LogP contribution >= 0.6 is 0 Å². The molecule has 4 heteroatoms. The second kappa shape index (κ2) is 8.54. The predicted molar refractivity (Wildman–Crippen MR) is 80.2 cm³/mol. The summed E-state index contributed by atoms with van der Waals surface area (Å²) < 4.78 is 0. The predicted octanol–water partition coefficient (Wildman–Crippen LogP) is 1.61. The Bertz CT molecular complexity index is 260. The van der Waals surface area contributed by atoms with Gasteiger partial charge in [-0.15, -0.1) is 0 Å². The van der Waals surface area contributed by atoms with Crippen molar-refractivity contribution in [2.75, 3.05) is 26.7 Å². The number of carbonyl (C=O) groups excluding carboxylic acids is 1. The molecule has 0 radical (unpaired) electrons. The van der Waals surface area contributed by atoms with Gasteiger partial charge in [0.25, 0.3) is 0 Å². The molecule has 0 aromatic carbocycles. The molecular weight excluding hydrogens is 238 g/mol. The summed E-state index contributed by atoms with van der Waals surface area (Å²) in [7, 11) is 2.15. The van der Waals surface area contributed by atoms with Crippen LogP contribution in [0.15, 0.2) is 0 Å². The number of unbranched alkanes of at least 4 members (excludes halogenated alkanes) is 1. The Morgan fingerprint density at radius 3 is 2.68 bits per heavy atom. The van der Waals surface area contributed by atoms with Gasteiger partial charge in [0.2, 0.25) is 5.91 Å².